The molecule has 252 valence electrons. The third-order valence-electron chi connectivity index (χ3n) is 10.2. The van der Waals surface area contributed by atoms with Crippen LogP contribution in [0, 0.1) is 23.7 Å². The molecule has 0 bridgehead atoms. The van der Waals surface area contributed by atoms with Crippen molar-refractivity contribution in [2.24, 2.45) is 23.7 Å². The largest absolute Gasteiger partial charge is 0.463 e. The summed E-state index contributed by atoms with van der Waals surface area (Å²) in [5.41, 5.74) is 0. The first kappa shape index (κ1) is 36.7. The van der Waals surface area contributed by atoms with Crippen molar-refractivity contribution in [3.63, 3.8) is 0 Å². The molecule has 3 aliphatic rings. The molecular weight excluding hydrogens is 566 g/mol. The van der Waals surface area contributed by atoms with Crippen LogP contribution in [0.2, 0.25) is 0 Å². The van der Waals surface area contributed by atoms with E-state index in [4.69, 9.17) is 18.9 Å². The molecule has 0 aromatic heterocycles. The SMILES string of the molecule is C=CC(=O)OCCCCCCOC1CCC(C2CCC(C3CCC(OCCCCCCOC(=O)C=C)CC3F)CC2F)CC1. The van der Waals surface area contributed by atoms with Gasteiger partial charge in [-0.3, -0.25) is 0 Å². The highest BCUT2D eigenvalue weighted by Gasteiger charge is 2.43. The molecule has 3 fully saturated rings. The Hall–Kier alpha value is -1.80. The highest BCUT2D eigenvalue weighted by atomic mass is 19.1. The van der Waals surface area contributed by atoms with Gasteiger partial charge in [0.05, 0.1) is 25.4 Å². The molecular formula is C36H58F2O6. The first-order valence-electron chi connectivity index (χ1n) is 17.5. The normalized spacial score (nSPS) is 30.8. The van der Waals surface area contributed by atoms with E-state index in [-0.39, 0.29) is 41.9 Å². The highest BCUT2D eigenvalue weighted by Crippen LogP contribution is 2.47. The van der Waals surface area contributed by atoms with Crippen LogP contribution in [0.15, 0.2) is 25.3 Å². The molecule has 44 heavy (non-hydrogen) atoms. The predicted octanol–water partition coefficient (Wildman–Crippen LogP) is 8.42. The van der Waals surface area contributed by atoms with Crippen molar-refractivity contribution in [3.05, 3.63) is 25.3 Å². The van der Waals surface area contributed by atoms with Crippen LogP contribution in [0.5, 0.6) is 0 Å². The van der Waals surface area contributed by atoms with Gasteiger partial charge in [-0.2, -0.15) is 0 Å². The van der Waals surface area contributed by atoms with Crippen LogP contribution in [0.3, 0.4) is 0 Å². The zero-order chi connectivity index (χ0) is 31.6. The smallest absolute Gasteiger partial charge is 0.330 e. The quantitative estimate of drug-likeness (QED) is 0.0770. The molecule has 0 heterocycles. The van der Waals surface area contributed by atoms with Crippen molar-refractivity contribution >= 4 is 11.9 Å². The van der Waals surface area contributed by atoms with Gasteiger partial charge >= 0.3 is 11.9 Å². The van der Waals surface area contributed by atoms with E-state index in [1.807, 2.05) is 0 Å². The summed E-state index contributed by atoms with van der Waals surface area (Å²) in [7, 11) is 0. The molecule has 0 aliphatic heterocycles. The molecule has 0 amide bonds. The third kappa shape index (κ3) is 13.3. The monoisotopic (exact) mass is 624 g/mol. The van der Waals surface area contributed by atoms with Crippen LogP contribution in [0.4, 0.5) is 8.78 Å². The van der Waals surface area contributed by atoms with Crippen molar-refractivity contribution < 1.29 is 37.3 Å². The fourth-order valence-corrected chi connectivity index (χ4v) is 7.64. The Balaban J connectivity index is 1.22. The maximum Gasteiger partial charge on any atom is 0.330 e. The molecule has 0 N–H and O–H groups in total. The van der Waals surface area contributed by atoms with Crippen LogP contribution in [0.25, 0.3) is 0 Å². The minimum atomic E-state index is -0.899. The molecule has 6 atom stereocenters. The number of hydrogen-bond donors (Lipinski definition) is 0. The van der Waals surface area contributed by atoms with Crippen molar-refractivity contribution in [1.82, 2.24) is 0 Å². The summed E-state index contributed by atoms with van der Waals surface area (Å²) in [6, 6.07) is 0. The Morgan fingerprint density at radius 2 is 0.977 bits per heavy atom. The fourth-order valence-electron chi connectivity index (χ4n) is 7.64. The van der Waals surface area contributed by atoms with E-state index in [0.29, 0.717) is 38.6 Å². The predicted molar refractivity (Wildman–Crippen MR) is 169 cm³/mol. The topological polar surface area (TPSA) is 71.1 Å². The van der Waals surface area contributed by atoms with Crippen LogP contribution in [-0.2, 0) is 28.5 Å². The summed E-state index contributed by atoms with van der Waals surface area (Å²) in [4.78, 5) is 22.1. The average molecular weight is 625 g/mol. The lowest BCUT2D eigenvalue weighted by Crippen LogP contribution is -2.41. The van der Waals surface area contributed by atoms with Crippen LogP contribution in [0.1, 0.15) is 116 Å². The van der Waals surface area contributed by atoms with Gasteiger partial charge in [0.15, 0.2) is 0 Å². The molecule has 0 aromatic carbocycles. The summed E-state index contributed by atoms with van der Waals surface area (Å²) in [5, 5.41) is 0. The lowest BCUT2D eigenvalue weighted by atomic mass is 9.65. The van der Waals surface area contributed by atoms with Gasteiger partial charge in [-0.15, -0.1) is 0 Å². The number of esters is 2. The summed E-state index contributed by atoms with van der Waals surface area (Å²) in [5.74, 6) is -0.0751. The maximum absolute atomic E-state index is 15.5. The highest BCUT2D eigenvalue weighted by molar-refractivity contribution is 5.81. The average Bonchev–Trinajstić information content (AvgIpc) is 3.03. The molecule has 6 nitrogen and oxygen atoms in total. The number of halogens is 2. The van der Waals surface area contributed by atoms with Crippen LogP contribution < -0.4 is 0 Å². The molecule has 8 heteroatoms. The maximum atomic E-state index is 15.5. The standard InChI is InChI=1S/C36H58F2O6/c1-3-35(39)43-23-11-7-5-9-21-41-29-16-13-27(14-17-29)31-19-15-28(25-33(31)37)32-20-18-30(26-34(32)38)42-22-10-6-8-12-24-44-36(40)4-2/h3-4,27-34H,1-2,5-26H2. The van der Waals surface area contributed by atoms with E-state index in [1.165, 1.54) is 12.2 Å². The number of ether oxygens (including phenoxy) is 4. The van der Waals surface area contributed by atoms with Crippen molar-refractivity contribution in [1.29, 1.82) is 0 Å². The molecule has 0 radical (unpaired) electrons. The van der Waals surface area contributed by atoms with E-state index in [2.05, 4.69) is 13.2 Å². The van der Waals surface area contributed by atoms with Gasteiger partial charge < -0.3 is 18.9 Å². The van der Waals surface area contributed by atoms with E-state index >= 15 is 8.78 Å². The van der Waals surface area contributed by atoms with Gasteiger partial charge in [-0.05, 0) is 120 Å². The number of hydrogen-bond acceptors (Lipinski definition) is 6. The molecule has 0 aromatic rings. The summed E-state index contributed by atoms with van der Waals surface area (Å²) in [6.45, 7) is 9.02. The van der Waals surface area contributed by atoms with Crippen molar-refractivity contribution in [2.75, 3.05) is 26.4 Å². The van der Waals surface area contributed by atoms with Gasteiger partial charge in [0.25, 0.3) is 0 Å². The molecule has 3 aliphatic carbocycles. The second kappa shape index (κ2) is 21.1. The number of carbonyl (C=O) groups is 2. The van der Waals surface area contributed by atoms with Crippen molar-refractivity contribution in [2.45, 2.75) is 140 Å². The van der Waals surface area contributed by atoms with Gasteiger partial charge in [-0.1, -0.05) is 26.0 Å². The minimum absolute atomic E-state index is 0.0290. The molecule has 6 unspecified atom stereocenters. The summed E-state index contributed by atoms with van der Waals surface area (Å²) < 4.78 is 52.9. The van der Waals surface area contributed by atoms with Gasteiger partial charge in [0, 0.05) is 31.8 Å². The number of rotatable bonds is 20. The van der Waals surface area contributed by atoms with Crippen molar-refractivity contribution in [3.8, 4) is 0 Å². The third-order valence-corrected chi connectivity index (χ3v) is 10.2. The van der Waals surface area contributed by atoms with Crippen LogP contribution >= 0.6 is 0 Å². The van der Waals surface area contributed by atoms with E-state index in [9.17, 15) is 9.59 Å². The molecule has 0 saturated heterocycles. The summed E-state index contributed by atoms with van der Waals surface area (Å²) in [6.07, 6.45) is 17.1. The Kier molecular flexibility index (Phi) is 17.6. The van der Waals surface area contributed by atoms with Gasteiger partial charge in [-0.25, -0.2) is 18.4 Å². The Morgan fingerprint density at radius 3 is 1.50 bits per heavy atom. The zero-order valence-electron chi connectivity index (χ0n) is 26.9. The first-order valence-corrected chi connectivity index (χ1v) is 17.5. The minimum Gasteiger partial charge on any atom is -0.463 e. The lowest BCUT2D eigenvalue weighted by Gasteiger charge is -2.43. The second-order valence-electron chi connectivity index (χ2n) is 13.2. The van der Waals surface area contributed by atoms with Gasteiger partial charge in [0.2, 0.25) is 0 Å². The van der Waals surface area contributed by atoms with Gasteiger partial charge in [0.1, 0.15) is 12.3 Å². The number of carbonyl (C=O) groups excluding carboxylic acids is 2. The lowest BCUT2D eigenvalue weighted by molar-refractivity contribution is -0.138. The molecule has 3 rings (SSSR count). The van der Waals surface area contributed by atoms with E-state index < -0.39 is 12.3 Å². The number of unbranched alkanes of at least 4 members (excludes halogenated alkanes) is 6. The molecule has 3 saturated carbocycles. The summed E-state index contributed by atoms with van der Waals surface area (Å²) >= 11 is 0. The fraction of sp³-hybridized carbons (Fsp3) is 0.833. The molecule has 0 spiro atoms. The first-order chi connectivity index (χ1) is 21.4. The number of alkyl halides is 2. The second-order valence-corrected chi connectivity index (χ2v) is 13.2. The van der Waals surface area contributed by atoms with E-state index in [1.54, 1.807) is 0 Å². The Labute approximate surface area is 264 Å². The Morgan fingerprint density at radius 1 is 0.545 bits per heavy atom. The Bertz CT molecular complexity index is 844. The van der Waals surface area contributed by atoms with E-state index in [0.717, 1.165) is 109 Å². The van der Waals surface area contributed by atoms with Crippen LogP contribution in [-0.4, -0.2) is 62.9 Å². The zero-order valence-corrected chi connectivity index (χ0v) is 26.9.